The van der Waals surface area contributed by atoms with Gasteiger partial charge in [0.15, 0.2) is 0 Å². The molecule has 0 radical (unpaired) electrons. The number of nitrogens with two attached hydrogens (primary N) is 1. The molecule has 0 aliphatic rings. The first kappa shape index (κ1) is 12.3. The molecular weight excluding hydrogens is 221 g/mol. The van der Waals surface area contributed by atoms with Crippen LogP contribution in [-0.4, -0.2) is 5.91 Å². The Balaban J connectivity index is 2.80. The van der Waals surface area contributed by atoms with Crippen LogP contribution in [0.3, 0.4) is 0 Å². The van der Waals surface area contributed by atoms with E-state index in [-0.39, 0.29) is 0 Å². The lowest BCUT2D eigenvalue weighted by molar-refractivity contribution is -0.137. The van der Waals surface area contributed by atoms with Gasteiger partial charge in [-0.2, -0.15) is 13.2 Å². The van der Waals surface area contributed by atoms with Gasteiger partial charge in [-0.05, 0) is 23.8 Å². The zero-order chi connectivity index (χ0) is 12.2. The number of carbonyl (C=O) groups is 1. The standard InChI is InChI=1S/C10H9F3N2O/c11-10(12,13)8-4-1-7(2-5-8)3-6-9(16)15-14/h1-6H,14H2,(H,15,16). The molecule has 0 aliphatic carbocycles. The van der Waals surface area contributed by atoms with E-state index in [1.54, 1.807) is 0 Å². The number of rotatable bonds is 2. The van der Waals surface area contributed by atoms with Gasteiger partial charge in [0, 0.05) is 6.08 Å². The van der Waals surface area contributed by atoms with Crippen molar-refractivity contribution in [1.29, 1.82) is 0 Å². The second-order valence-corrected chi connectivity index (χ2v) is 2.96. The molecule has 0 aromatic heterocycles. The predicted molar refractivity (Wildman–Crippen MR) is 52.8 cm³/mol. The number of hydrazine groups is 1. The Labute approximate surface area is 89.7 Å². The predicted octanol–water partition coefficient (Wildman–Crippen LogP) is 1.71. The molecule has 0 saturated carbocycles. The van der Waals surface area contributed by atoms with E-state index in [9.17, 15) is 18.0 Å². The normalized spacial score (nSPS) is 11.8. The van der Waals surface area contributed by atoms with Gasteiger partial charge in [0.1, 0.15) is 0 Å². The van der Waals surface area contributed by atoms with Crippen molar-refractivity contribution in [2.24, 2.45) is 5.84 Å². The van der Waals surface area contributed by atoms with Gasteiger partial charge < -0.3 is 0 Å². The smallest absolute Gasteiger partial charge is 0.291 e. The van der Waals surface area contributed by atoms with E-state index in [0.29, 0.717) is 5.56 Å². The van der Waals surface area contributed by atoms with Crippen LogP contribution < -0.4 is 11.3 Å². The second kappa shape index (κ2) is 4.80. The lowest BCUT2D eigenvalue weighted by Crippen LogP contribution is -2.27. The summed E-state index contributed by atoms with van der Waals surface area (Å²) in [5, 5.41) is 0. The molecule has 1 aromatic rings. The molecule has 0 fully saturated rings. The van der Waals surface area contributed by atoms with Crippen LogP contribution in [0.4, 0.5) is 13.2 Å². The SMILES string of the molecule is NNC(=O)C=Cc1ccc(C(F)(F)F)cc1. The lowest BCUT2D eigenvalue weighted by Gasteiger charge is -2.05. The molecule has 3 N–H and O–H groups in total. The van der Waals surface area contributed by atoms with Crippen LogP contribution in [0.25, 0.3) is 6.08 Å². The topological polar surface area (TPSA) is 55.1 Å². The highest BCUT2D eigenvalue weighted by Gasteiger charge is 2.29. The summed E-state index contributed by atoms with van der Waals surface area (Å²) in [6.45, 7) is 0. The Hall–Kier alpha value is -1.82. The number of carbonyl (C=O) groups excluding carboxylic acids is 1. The van der Waals surface area contributed by atoms with Crippen LogP contribution >= 0.6 is 0 Å². The van der Waals surface area contributed by atoms with E-state index in [2.05, 4.69) is 0 Å². The molecule has 0 atom stereocenters. The molecule has 0 spiro atoms. The van der Waals surface area contributed by atoms with Gasteiger partial charge in [-0.25, -0.2) is 5.84 Å². The monoisotopic (exact) mass is 230 g/mol. The van der Waals surface area contributed by atoms with E-state index < -0.39 is 17.6 Å². The molecule has 1 rings (SSSR count). The van der Waals surface area contributed by atoms with Gasteiger partial charge in [-0.1, -0.05) is 12.1 Å². The summed E-state index contributed by atoms with van der Waals surface area (Å²) in [6.07, 6.45) is -1.86. The number of benzene rings is 1. The van der Waals surface area contributed by atoms with Crippen LogP contribution in [0, 0.1) is 0 Å². The summed E-state index contributed by atoms with van der Waals surface area (Å²) < 4.78 is 36.6. The minimum absolute atomic E-state index is 0.483. The van der Waals surface area contributed by atoms with Gasteiger partial charge in [0.25, 0.3) is 5.91 Å². The van der Waals surface area contributed by atoms with Crippen molar-refractivity contribution < 1.29 is 18.0 Å². The molecule has 0 aliphatic heterocycles. The third-order valence-corrected chi connectivity index (χ3v) is 1.81. The average molecular weight is 230 g/mol. The van der Waals surface area contributed by atoms with Gasteiger partial charge in [0.05, 0.1) is 5.56 Å². The third-order valence-electron chi connectivity index (χ3n) is 1.81. The molecule has 3 nitrogen and oxygen atoms in total. The van der Waals surface area contributed by atoms with Crippen molar-refractivity contribution in [3.05, 3.63) is 41.5 Å². The number of alkyl halides is 3. The Kier molecular flexibility index (Phi) is 3.68. The molecule has 1 aromatic carbocycles. The first-order valence-electron chi connectivity index (χ1n) is 4.29. The number of hydrogen-bond acceptors (Lipinski definition) is 2. The van der Waals surface area contributed by atoms with Crippen LogP contribution in [0.5, 0.6) is 0 Å². The summed E-state index contributed by atoms with van der Waals surface area (Å²) in [5.74, 6) is 4.29. The molecule has 6 heteroatoms. The highest BCUT2D eigenvalue weighted by atomic mass is 19.4. The fourth-order valence-corrected chi connectivity index (χ4v) is 1.00. The highest BCUT2D eigenvalue weighted by Crippen LogP contribution is 2.29. The van der Waals surface area contributed by atoms with E-state index in [1.807, 2.05) is 5.43 Å². The fraction of sp³-hybridized carbons (Fsp3) is 0.100. The zero-order valence-electron chi connectivity index (χ0n) is 8.08. The Morgan fingerprint density at radius 1 is 1.25 bits per heavy atom. The van der Waals surface area contributed by atoms with Gasteiger partial charge in [-0.15, -0.1) is 0 Å². The average Bonchev–Trinajstić information content (AvgIpc) is 2.25. The number of nitrogens with one attached hydrogen (secondary N) is 1. The summed E-state index contributed by atoms with van der Waals surface area (Å²) in [4.78, 5) is 10.7. The van der Waals surface area contributed by atoms with E-state index in [0.717, 1.165) is 18.2 Å². The Bertz CT molecular complexity index is 396. The largest absolute Gasteiger partial charge is 0.416 e. The van der Waals surface area contributed by atoms with Crippen molar-refractivity contribution in [2.45, 2.75) is 6.18 Å². The maximum Gasteiger partial charge on any atom is 0.416 e. The van der Waals surface area contributed by atoms with Crippen molar-refractivity contribution in [2.75, 3.05) is 0 Å². The molecule has 0 unspecified atom stereocenters. The van der Waals surface area contributed by atoms with Crippen LogP contribution in [-0.2, 0) is 11.0 Å². The quantitative estimate of drug-likeness (QED) is 0.351. The summed E-state index contributed by atoms with van der Waals surface area (Å²) in [6, 6.07) is 4.42. The first-order chi connectivity index (χ1) is 7.43. The molecule has 0 heterocycles. The molecular formula is C10H9F3N2O. The Morgan fingerprint density at radius 2 is 1.81 bits per heavy atom. The number of halogens is 3. The number of amides is 1. The van der Waals surface area contributed by atoms with Crippen molar-refractivity contribution >= 4 is 12.0 Å². The molecule has 86 valence electrons. The Morgan fingerprint density at radius 3 is 2.25 bits per heavy atom. The minimum Gasteiger partial charge on any atom is -0.291 e. The van der Waals surface area contributed by atoms with E-state index >= 15 is 0 Å². The lowest BCUT2D eigenvalue weighted by atomic mass is 10.1. The van der Waals surface area contributed by atoms with E-state index in [1.165, 1.54) is 18.2 Å². The molecule has 1 amide bonds. The highest BCUT2D eigenvalue weighted by molar-refractivity contribution is 5.91. The summed E-state index contributed by atoms with van der Waals surface area (Å²) >= 11 is 0. The van der Waals surface area contributed by atoms with E-state index in [4.69, 9.17) is 5.84 Å². The molecule has 0 saturated heterocycles. The second-order valence-electron chi connectivity index (χ2n) is 2.96. The molecule has 0 bridgehead atoms. The van der Waals surface area contributed by atoms with Crippen molar-refractivity contribution in [3.8, 4) is 0 Å². The first-order valence-corrected chi connectivity index (χ1v) is 4.29. The van der Waals surface area contributed by atoms with Crippen LogP contribution in [0.2, 0.25) is 0 Å². The zero-order valence-corrected chi connectivity index (χ0v) is 8.08. The maximum atomic E-state index is 12.2. The maximum absolute atomic E-state index is 12.2. The van der Waals surface area contributed by atoms with Crippen LogP contribution in [0.1, 0.15) is 11.1 Å². The van der Waals surface area contributed by atoms with Gasteiger partial charge in [-0.3, -0.25) is 10.2 Å². The third kappa shape index (κ3) is 3.39. The van der Waals surface area contributed by atoms with Gasteiger partial charge >= 0.3 is 6.18 Å². The molecule has 16 heavy (non-hydrogen) atoms. The van der Waals surface area contributed by atoms with Gasteiger partial charge in [0.2, 0.25) is 0 Å². The summed E-state index contributed by atoms with van der Waals surface area (Å²) in [7, 11) is 0. The minimum atomic E-state index is -4.35. The van der Waals surface area contributed by atoms with Crippen molar-refractivity contribution in [3.63, 3.8) is 0 Å². The summed E-state index contributed by atoms with van der Waals surface area (Å²) in [5.41, 5.74) is 1.62. The van der Waals surface area contributed by atoms with Crippen molar-refractivity contribution in [1.82, 2.24) is 5.43 Å². The number of hydrogen-bond donors (Lipinski definition) is 2. The fourth-order valence-electron chi connectivity index (χ4n) is 1.00. The van der Waals surface area contributed by atoms with Crippen LogP contribution in [0.15, 0.2) is 30.3 Å².